The molecule has 2 aliphatic heterocycles. The van der Waals surface area contributed by atoms with Gasteiger partial charge in [-0.2, -0.15) is 0 Å². The molecule has 138 valence electrons. The molecule has 0 aliphatic carbocycles. The average Bonchev–Trinajstić information content (AvgIpc) is 2.95. The van der Waals surface area contributed by atoms with E-state index in [4.69, 9.17) is 30.5 Å². The number of rotatable bonds is 4. The summed E-state index contributed by atoms with van der Waals surface area (Å²) in [5.74, 6) is 1.74. The fourth-order valence-electron chi connectivity index (χ4n) is 2.92. The SMILES string of the molecule is C=C(C)COc1ccc2c(c1)O/C(=C\c1cc(Cl)cc3c1OCOC3)C2=O. The van der Waals surface area contributed by atoms with Gasteiger partial charge in [0.25, 0.3) is 0 Å². The summed E-state index contributed by atoms with van der Waals surface area (Å²) in [4.78, 5) is 12.7. The van der Waals surface area contributed by atoms with Crippen LogP contribution in [0.15, 0.2) is 48.2 Å². The van der Waals surface area contributed by atoms with Gasteiger partial charge >= 0.3 is 0 Å². The molecule has 0 amide bonds. The molecule has 0 N–H and O–H groups in total. The van der Waals surface area contributed by atoms with Crippen LogP contribution in [0.1, 0.15) is 28.4 Å². The van der Waals surface area contributed by atoms with Crippen LogP contribution in [0.25, 0.3) is 6.08 Å². The van der Waals surface area contributed by atoms with Crippen molar-refractivity contribution in [3.05, 3.63) is 70.0 Å². The molecule has 0 saturated carbocycles. The Kier molecular flexibility index (Phi) is 4.64. The first-order valence-corrected chi connectivity index (χ1v) is 8.77. The molecule has 0 fully saturated rings. The zero-order chi connectivity index (χ0) is 19.0. The second-order valence-electron chi connectivity index (χ2n) is 6.44. The number of ketones is 1. The predicted octanol–water partition coefficient (Wildman–Crippen LogP) is 4.78. The Bertz CT molecular complexity index is 977. The highest BCUT2D eigenvalue weighted by Crippen LogP contribution is 2.38. The van der Waals surface area contributed by atoms with Crippen molar-refractivity contribution in [3.63, 3.8) is 0 Å². The van der Waals surface area contributed by atoms with Crippen LogP contribution in [-0.4, -0.2) is 19.2 Å². The predicted molar refractivity (Wildman–Crippen MR) is 101 cm³/mol. The van der Waals surface area contributed by atoms with Gasteiger partial charge < -0.3 is 18.9 Å². The highest BCUT2D eigenvalue weighted by atomic mass is 35.5. The summed E-state index contributed by atoms with van der Waals surface area (Å²) in [6.07, 6.45) is 1.65. The maximum atomic E-state index is 12.7. The third-order valence-electron chi connectivity index (χ3n) is 4.12. The lowest BCUT2D eigenvalue weighted by Crippen LogP contribution is -2.12. The summed E-state index contributed by atoms with van der Waals surface area (Å²) in [7, 11) is 0. The van der Waals surface area contributed by atoms with Crippen LogP contribution in [0, 0.1) is 0 Å². The number of allylic oxidation sites excluding steroid dienone is 1. The number of carbonyl (C=O) groups is 1. The number of Topliss-reactive ketones (excluding diaryl/α,β-unsaturated/α-hetero) is 1. The summed E-state index contributed by atoms with van der Waals surface area (Å²) in [5.41, 5.74) is 2.90. The van der Waals surface area contributed by atoms with Crippen LogP contribution in [-0.2, 0) is 11.3 Å². The standard InChI is InChI=1S/C21H17ClO5/c1-12(2)9-25-16-3-4-17-18(8-16)27-19(20(17)23)7-13-5-15(22)6-14-10-24-11-26-21(13)14/h3-8H,1,9-11H2,2H3/b19-7-. The lowest BCUT2D eigenvalue weighted by molar-refractivity contribution is -0.0165. The second kappa shape index (κ2) is 7.10. The zero-order valence-corrected chi connectivity index (χ0v) is 15.5. The fourth-order valence-corrected chi connectivity index (χ4v) is 3.17. The molecule has 27 heavy (non-hydrogen) atoms. The molecule has 4 rings (SSSR count). The van der Waals surface area contributed by atoms with Gasteiger partial charge in [0.05, 0.1) is 12.2 Å². The van der Waals surface area contributed by atoms with Crippen LogP contribution in [0.5, 0.6) is 17.2 Å². The first kappa shape index (κ1) is 17.6. The third kappa shape index (κ3) is 3.56. The lowest BCUT2D eigenvalue weighted by Gasteiger charge is -2.20. The van der Waals surface area contributed by atoms with Crippen molar-refractivity contribution in [2.75, 3.05) is 13.4 Å². The van der Waals surface area contributed by atoms with Gasteiger partial charge in [-0.05, 0) is 42.8 Å². The third-order valence-corrected chi connectivity index (χ3v) is 4.33. The molecule has 6 heteroatoms. The first-order chi connectivity index (χ1) is 13.0. The molecule has 5 nitrogen and oxygen atoms in total. The van der Waals surface area contributed by atoms with E-state index in [0.717, 1.165) is 11.1 Å². The van der Waals surface area contributed by atoms with E-state index in [9.17, 15) is 4.79 Å². The van der Waals surface area contributed by atoms with Crippen molar-refractivity contribution in [2.24, 2.45) is 0 Å². The van der Waals surface area contributed by atoms with Gasteiger partial charge in [0, 0.05) is 22.2 Å². The normalized spacial score (nSPS) is 16.4. The van der Waals surface area contributed by atoms with Gasteiger partial charge in [-0.1, -0.05) is 18.2 Å². The molecule has 0 bridgehead atoms. The van der Waals surface area contributed by atoms with E-state index in [1.807, 2.05) is 6.92 Å². The van der Waals surface area contributed by atoms with Crippen molar-refractivity contribution in [1.82, 2.24) is 0 Å². The van der Waals surface area contributed by atoms with Crippen molar-refractivity contribution < 1.29 is 23.7 Å². The minimum Gasteiger partial charge on any atom is -0.489 e. The van der Waals surface area contributed by atoms with Crippen molar-refractivity contribution in [3.8, 4) is 17.2 Å². The molecule has 2 aromatic rings. The van der Waals surface area contributed by atoms with E-state index in [1.165, 1.54) is 0 Å². The Balaban J connectivity index is 1.65. The lowest BCUT2D eigenvalue weighted by atomic mass is 10.1. The Labute approximate surface area is 161 Å². The first-order valence-electron chi connectivity index (χ1n) is 8.40. The van der Waals surface area contributed by atoms with E-state index in [0.29, 0.717) is 46.6 Å². The van der Waals surface area contributed by atoms with Gasteiger partial charge in [0.2, 0.25) is 5.78 Å². The summed E-state index contributed by atoms with van der Waals surface area (Å²) in [6.45, 7) is 6.66. The molecule has 0 spiro atoms. The van der Waals surface area contributed by atoms with Gasteiger partial charge in [0.1, 0.15) is 23.9 Å². The van der Waals surface area contributed by atoms with E-state index in [1.54, 1.807) is 36.4 Å². The summed E-state index contributed by atoms with van der Waals surface area (Å²) in [6, 6.07) is 8.67. The maximum Gasteiger partial charge on any atom is 0.231 e. The van der Waals surface area contributed by atoms with E-state index in [-0.39, 0.29) is 18.3 Å². The van der Waals surface area contributed by atoms with Gasteiger partial charge in [-0.15, -0.1) is 0 Å². The summed E-state index contributed by atoms with van der Waals surface area (Å²) in [5, 5.41) is 0.535. The molecule has 0 unspecified atom stereocenters. The maximum absolute atomic E-state index is 12.7. The van der Waals surface area contributed by atoms with Crippen LogP contribution in [0.3, 0.4) is 0 Å². The number of hydrogen-bond acceptors (Lipinski definition) is 5. The number of benzene rings is 2. The monoisotopic (exact) mass is 384 g/mol. The Morgan fingerprint density at radius 1 is 1.33 bits per heavy atom. The summed E-state index contributed by atoms with van der Waals surface area (Å²) >= 11 is 6.18. The van der Waals surface area contributed by atoms with Gasteiger partial charge in [0.15, 0.2) is 12.6 Å². The van der Waals surface area contributed by atoms with Crippen molar-refractivity contribution in [1.29, 1.82) is 0 Å². The molecular weight excluding hydrogens is 368 g/mol. The Morgan fingerprint density at radius 3 is 3.00 bits per heavy atom. The van der Waals surface area contributed by atoms with Crippen molar-refractivity contribution >= 4 is 23.5 Å². The average molecular weight is 385 g/mol. The smallest absolute Gasteiger partial charge is 0.231 e. The van der Waals surface area contributed by atoms with E-state index in [2.05, 4.69) is 6.58 Å². The molecule has 0 saturated heterocycles. The van der Waals surface area contributed by atoms with Gasteiger partial charge in [-0.3, -0.25) is 4.79 Å². The summed E-state index contributed by atoms with van der Waals surface area (Å²) < 4.78 is 22.3. The molecule has 0 atom stereocenters. The number of halogens is 1. The van der Waals surface area contributed by atoms with Crippen molar-refractivity contribution in [2.45, 2.75) is 13.5 Å². The van der Waals surface area contributed by atoms with Crippen LogP contribution >= 0.6 is 11.6 Å². The minimum absolute atomic E-state index is 0.156. The topological polar surface area (TPSA) is 54.0 Å². The highest BCUT2D eigenvalue weighted by Gasteiger charge is 2.28. The zero-order valence-electron chi connectivity index (χ0n) is 14.7. The molecule has 2 aromatic carbocycles. The quantitative estimate of drug-likeness (QED) is 0.561. The second-order valence-corrected chi connectivity index (χ2v) is 6.87. The van der Waals surface area contributed by atoms with E-state index < -0.39 is 0 Å². The van der Waals surface area contributed by atoms with Crippen LogP contribution in [0.2, 0.25) is 5.02 Å². The molecular formula is C21H17ClO5. The minimum atomic E-state index is -0.197. The number of ether oxygens (including phenoxy) is 4. The largest absolute Gasteiger partial charge is 0.489 e. The number of fused-ring (bicyclic) bond motifs is 2. The van der Waals surface area contributed by atoms with Gasteiger partial charge in [-0.25, -0.2) is 0 Å². The molecule has 0 radical (unpaired) electrons. The highest BCUT2D eigenvalue weighted by molar-refractivity contribution is 6.31. The number of carbonyl (C=O) groups excluding carboxylic acids is 1. The Morgan fingerprint density at radius 2 is 2.19 bits per heavy atom. The fraction of sp³-hybridized carbons (Fsp3) is 0.190. The van der Waals surface area contributed by atoms with Crippen LogP contribution < -0.4 is 14.2 Å². The number of hydrogen-bond donors (Lipinski definition) is 0. The van der Waals surface area contributed by atoms with E-state index >= 15 is 0 Å². The molecule has 2 heterocycles. The van der Waals surface area contributed by atoms with Crippen LogP contribution in [0.4, 0.5) is 0 Å². The Hall–Kier alpha value is -2.76. The molecule has 2 aliphatic rings. The molecule has 0 aromatic heterocycles.